The predicted octanol–water partition coefficient (Wildman–Crippen LogP) is 0.948. The molecule has 20 heavy (non-hydrogen) atoms. The quantitative estimate of drug-likeness (QED) is 0.848. The molecule has 1 aromatic heterocycles. The van der Waals surface area contributed by atoms with Gasteiger partial charge in [0.05, 0.1) is 11.8 Å². The summed E-state index contributed by atoms with van der Waals surface area (Å²) in [5.41, 5.74) is 0. The van der Waals surface area contributed by atoms with Gasteiger partial charge >= 0.3 is 0 Å². The highest BCUT2D eigenvalue weighted by Crippen LogP contribution is 2.21. The van der Waals surface area contributed by atoms with E-state index in [0.29, 0.717) is 31.6 Å². The summed E-state index contributed by atoms with van der Waals surface area (Å²) in [5, 5.41) is 3.11. The van der Waals surface area contributed by atoms with Crippen molar-refractivity contribution in [2.45, 2.75) is 45.0 Å². The van der Waals surface area contributed by atoms with Crippen molar-refractivity contribution in [2.75, 3.05) is 13.1 Å². The Balaban J connectivity index is 1.89. The van der Waals surface area contributed by atoms with Crippen molar-refractivity contribution in [2.24, 2.45) is 5.92 Å². The molecule has 0 unspecified atom stereocenters. The molecule has 0 amide bonds. The summed E-state index contributed by atoms with van der Waals surface area (Å²) in [6.07, 6.45) is 4.38. The molecule has 6 nitrogen and oxygen atoms in total. The van der Waals surface area contributed by atoms with E-state index in [4.69, 9.17) is 0 Å². The number of hydrogen-bond donors (Lipinski definition) is 2. The molecule has 0 aromatic carbocycles. The van der Waals surface area contributed by atoms with Crippen LogP contribution in [0.5, 0.6) is 0 Å². The average molecular weight is 300 g/mol. The molecule has 0 saturated carbocycles. The van der Waals surface area contributed by atoms with Crippen LogP contribution in [0.1, 0.15) is 33.0 Å². The first-order chi connectivity index (χ1) is 9.41. The number of nitrogens with zero attached hydrogens (tertiary/aromatic N) is 2. The lowest BCUT2D eigenvalue weighted by molar-refractivity contribution is 0.217. The Kier molecular flexibility index (Phi) is 4.82. The first-order valence-electron chi connectivity index (χ1n) is 7.12. The zero-order valence-electron chi connectivity index (χ0n) is 12.3. The van der Waals surface area contributed by atoms with Gasteiger partial charge in [-0.3, -0.25) is 0 Å². The highest BCUT2D eigenvalue weighted by Gasteiger charge is 2.33. The van der Waals surface area contributed by atoms with E-state index in [1.54, 1.807) is 30.5 Å². The van der Waals surface area contributed by atoms with Gasteiger partial charge in [-0.1, -0.05) is 6.92 Å². The minimum atomic E-state index is -3.13. The maximum Gasteiger partial charge on any atom is 0.216 e. The van der Waals surface area contributed by atoms with E-state index in [-0.39, 0.29) is 5.25 Å². The van der Waals surface area contributed by atoms with Crippen molar-refractivity contribution in [3.8, 4) is 0 Å². The van der Waals surface area contributed by atoms with Crippen LogP contribution in [-0.4, -0.2) is 47.1 Å². The normalized spacial score (nSPS) is 25.2. The van der Waals surface area contributed by atoms with Crippen molar-refractivity contribution < 1.29 is 8.42 Å². The Hall–Kier alpha value is -0.920. The van der Waals surface area contributed by atoms with Gasteiger partial charge in [0.15, 0.2) is 0 Å². The number of sulfonamides is 1. The standard InChI is InChI=1S/C13H24N4O2S/c1-10(2)20(18,19)17-7-4-12(11(3)9-17)16-8-13-14-5-6-15-13/h5-6,10-12,16H,4,7-9H2,1-3H3,(H,14,15)/t11-,12+/m0/s1. The summed E-state index contributed by atoms with van der Waals surface area (Å²) in [7, 11) is -3.13. The van der Waals surface area contributed by atoms with Crippen LogP contribution in [0.2, 0.25) is 0 Å². The van der Waals surface area contributed by atoms with E-state index in [0.717, 1.165) is 12.2 Å². The molecule has 1 aromatic rings. The zero-order valence-corrected chi connectivity index (χ0v) is 13.2. The minimum absolute atomic E-state index is 0.298. The monoisotopic (exact) mass is 300 g/mol. The van der Waals surface area contributed by atoms with Crippen molar-refractivity contribution in [1.82, 2.24) is 19.6 Å². The van der Waals surface area contributed by atoms with Gasteiger partial charge in [-0.05, 0) is 26.2 Å². The molecule has 1 saturated heterocycles. The molecule has 1 aliphatic rings. The lowest BCUT2D eigenvalue weighted by Crippen LogP contribution is -2.51. The fourth-order valence-electron chi connectivity index (χ4n) is 2.56. The molecule has 1 fully saturated rings. The summed E-state index contributed by atoms with van der Waals surface area (Å²) in [6.45, 7) is 7.46. The molecule has 1 aliphatic heterocycles. The van der Waals surface area contributed by atoms with Gasteiger partial charge in [0.25, 0.3) is 0 Å². The summed E-state index contributed by atoms with van der Waals surface area (Å²) >= 11 is 0. The molecular weight excluding hydrogens is 276 g/mol. The molecular formula is C13H24N4O2S. The molecule has 0 spiro atoms. The van der Waals surface area contributed by atoms with E-state index in [9.17, 15) is 8.42 Å². The van der Waals surface area contributed by atoms with Crippen LogP contribution >= 0.6 is 0 Å². The highest BCUT2D eigenvalue weighted by molar-refractivity contribution is 7.89. The smallest absolute Gasteiger partial charge is 0.216 e. The van der Waals surface area contributed by atoms with E-state index in [2.05, 4.69) is 22.2 Å². The molecule has 2 atom stereocenters. The van der Waals surface area contributed by atoms with Crippen LogP contribution in [0.4, 0.5) is 0 Å². The number of H-pyrrole nitrogens is 1. The fourth-order valence-corrected chi connectivity index (χ4v) is 3.96. The molecule has 0 aliphatic carbocycles. The topological polar surface area (TPSA) is 78.1 Å². The second-order valence-electron chi connectivity index (χ2n) is 5.74. The average Bonchev–Trinajstić information content (AvgIpc) is 2.90. The molecule has 2 N–H and O–H groups in total. The van der Waals surface area contributed by atoms with Crippen LogP contribution < -0.4 is 5.32 Å². The van der Waals surface area contributed by atoms with E-state index in [1.807, 2.05) is 0 Å². The Morgan fingerprint density at radius 1 is 1.55 bits per heavy atom. The maximum absolute atomic E-state index is 12.2. The Bertz CT molecular complexity index is 512. The lowest BCUT2D eigenvalue weighted by Gasteiger charge is -2.37. The number of rotatable bonds is 5. The summed E-state index contributed by atoms with van der Waals surface area (Å²) in [6, 6.07) is 0.332. The molecule has 7 heteroatoms. The zero-order chi connectivity index (χ0) is 14.8. The van der Waals surface area contributed by atoms with Crippen LogP contribution in [0.3, 0.4) is 0 Å². The SMILES string of the molecule is CC(C)S(=O)(=O)N1CC[C@@H](NCc2ncc[nH]2)[C@@H](C)C1. The number of hydrogen-bond acceptors (Lipinski definition) is 4. The third-order valence-electron chi connectivity index (χ3n) is 3.91. The number of aromatic nitrogens is 2. The first-order valence-corrected chi connectivity index (χ1v) is 8.62. The van der Waals surface area contributed by atoms with Crippen LogP contribution in [-0.2, 0) is 16.6 Å². The Labute approximate surface area is 121 Å². The summed E-state index contributed by atoms with van der Waals surface area (Å²) in [5.74, 6) is 1.21. The largest absolute Gasteiger partial charge is 0.348 e. The predicted molar refractivity (Wildman–Crippen MR) is 78.6 cm³/mol. The van der Waals surface area contributed by atoms with Gasteiger partial charge in [-0.15, -0.1) is 0 Å². The van der Waals surface area contributed by atoms with Gasteiger partial charge in [-0.2, -0.15) is 0 Å². The van der Waals surface area contributed by atoms with Crippen molar-refractivity contribution in [3.05, 3.63) is 18.2 Å². The number of aromatic amines is 1. The van der Waals surface area contributed by atoms with Gasteiger partial charge in [0.1, 0.15) is 5.82 Å². The third-order valence-corrected chi connectivity index (χ3v) is 6.15. The van der Waals surface area contributed by atoms with Crippen LogP contribution in [0, 0.1) is 5.92 Å². The molecule has 114 valence electrons. The Morgan fingerprint density at radius 2 is 2.30 bits per heavy atom. The number of piperidine rings is 1. The molecule has 2 heterocycles. The second-order valence-corrected chi connectivity index (χ2v) is 8.23. The van der Waals surface area contributed by atoms with E-state index < -0.39 is 10.0 Å². The van der Waals surface area contributed by atoms with Crippen molar-refractivity contribution >= 4 is 10.0 Å². The van der Waals surface area contributed by atoms with Gasteiger partial charge in [0.2, 0.25) is 10.0 Å². The highest BCUT2D eigenvalue weighted by atomic mass is 32.2. The second kappa shape index (κ2) is 6.24. The van der Waals surface area contributed by atoms with Gasteiger partial charge in [0, 0.05) is 31.5 Å². The van der Waals surface area contributed by atoms with Crippen LogP contribution in [0.15, 0.2) is 12.4 Å². The summed E-state index contributed by atoms with van der Waals surface area (Å²) in [4.78, 5) is 7.24. The first kappa shape index (κ1) is 15.5. The van der Waals surface area contributed by atoms with Crippen LogP contribution in [0.25, 0.3) is 0 Å². The van der Waals surface area contributed by atoms with Crippen molar-refractivity contribution in [3.63, 3.8) is 0 Å². The maximum atomic E-state index is 12.2. The Morgan fingerprint density at radius 3 is 2.85 bits per heavy atom. The van der Waals surface area contributed by atoms with Crippen molar-refractivity contribution in [1.29, 1.82) is 0 Å². The lowest BCUT2D eigenvalue weighted by atomic mass is 9.95. The summed E-state index contributed by atoms with van der Waals surface area (Å²) < 4.78 is 26.0. The molecule has 0 bridgehead atoms. The van der Waals surface area contributed by atoms with E-state index in [1.165, 1.54) is 0 Å². The molecule has 2 rings (SSSR count). The third kappa shape index (κ3) is 3.39. The van der Waals surface area contributed by atoms with Gasteiger partial charge < -0.3 is 10.3 Å². The molecule has 0 radical (unpaired) electrons. The van der Waals surface area contributed by atoms with Gasteiger partial charge in [-0.25, -0.2) is 17.7 Å². The number of imidazole rings is 1. The van der Waals surface area contributed by atoms with E-state index >= 15 is 0 Å². The number of nitrogens with one attached hydrogen (secondary N) is 2. The minimum Gasteiger partial charge on any atom is -0.348 e. The fraction of sp³-hybridized carbons (Fsp3) is 0.769.